The number of aromatic nitrogens is 2. The second-order valence-electron chi connectivity index (χ2n) is 8.80. The summed E-state index contributed by atoms with van der Waals surface area (Å²) in [5.41, 5.74) is 3.06. The van der Waals surface area contributed by atoms with Crippen LogP contribution in [0.25, 0.3) is 11.4 Å². The van der Waals surface area contributed by atoms with Gasteiger partial charge in [-0.15, -0.1) is 0 Å². The summed E-state index contributed by atoms with van der Waals surface area (Å²) in [6.45, 7) is 0. The highest BCUT2D eigenvalue weighted by Crippen LogP contribution is 2.50. The van der Waals surface area contributed by atoms with E-state index in [1.54, 1.807) is 0 Å². The van der Waals surface area contributed by atoms with Crippen molar-refractivity contribution in [1.29, 1.82) is 0 Å². The fraction of sp³-hybridized carbons (Fsp3) is 0.360. The minimum absolute atomic E-state index is 0.305. The average molecular weight is 418 g/mol. The van der Waals surface area contributed by atoms with Gasteiger partial charge < -0.3 is 9.47 Å². The van der Waals surface area contributed by atoms with Crippen LogP contribution < -0.4 is 0 Å². The Morgan fingerprint density at radius 3 is 2.47 bits per heavy atom. The summed E-state index contributed by atoms with van der Waals surface area (Å²) in [7, 11) is 0. The van der Waals surface area contributed by atoms with Crippen LogP contribution in [0.5, 0.6) is 0 Å². The maximum Gasteiger partial charge on any atom is 0.223 e. The molecule has 30 heavy (non-hydrogen) atoms. The standard InChI is InChI=1S/C25H24ClN3O/c26-18-7-5-17(6-8-18)25(14-13-23(30)29-19-9-10-20(29)12-11-19)22-4-2-1-3-21(22)24-27-15-16-28(24)25/h1-8,15-16,19-20H,9-14H2. The fourth-order valence-corrected chi connectivity index (χ4v) is 6.26. The quantitative estimate of drug-likeness (QED) is 0.582. The molecular formula is C25H24ClN3O. The topological polar surface area (TPSA) is 38.1 Å². The van der Waals surface area contributed by atoms with Crippen molar-refractivity contribution in [2.75, 3.05) is 0 Å². The van der Waals surface area contributed by atoms with Crippen LogP contribution in [0.4, 0.5) is 0 Å². The molecule has 2 fully saturated rings. The highest BCUT2D eigenvalue weighted by atomic mass is 35.5. The molecule has 1 unspecified atom stereocenters. The van der Waals surface area contributed by atoms with Gasteiger partial charge in [-0.2, -0.15) is 0 Å². The molecule has 0 N–H and O–H groups in total. The second-order valence-corrected chi connectivity index (χ2v) is 9.23. The number of nitrogens with zero attached hydrogens (tertiary/aromatic N) is 3. The van der Waals surface area contributed by atoms with Gasteiger partial charge in [-0.1, -0.05) is 48.0 Å². The van der Waals surface area contributed by atoms with Crippen molar-refractivity contribution in [2.45, 2.75) is 56.1 Å². The van der Waals surface area contributed by atoms with Crippen molar-refractivity contribution < 1.29 is 4.79 Å². The number of halogens is 1. The van der Waals surface area contributed by atoms with Crippen LogP contribution in [0.3, 0.4) is 0 Å². The first-order chi connectivity index (χ1) is 14.7. The van der Waals surface area contributed by atoms with Crippen LogP contribution in [0.15, 0.2) is 60.9 Å². The van der Waals surface area contributed by atoms with Gasteiger partial charge in [-0.3, -0.25) is 4.79 Å². The first-order valence-electron chi connectivity index (χ1n) is 10.9. The number of carbonyl (C=O) groups is 1. The summed E-state index contributed by atoms with van der Waals surface area (Å²) in [4.78, 5) is 20.2. The smallest absolute Gasteiger partial charge is 0.223 e. The highest BCUT2D eigenvalue weighted by molar-refractivity contribution is 6.30. The zero-order valence-electron chi connectivity index (χ0n) is 16.8. The summed E-state index contributed by atoms with van der Waals surface area (Å²) in [6.07, 6.45) is 9.85. The van der Waals surface area contributed by atoms with E-state index >= 15 is 0 Å². The number of benzene rings is 2. The molecule has 4 nitrogen and oxygen atoms in total. The second kappa shape index (κ2) is 6.71. The lowest BCUT2D eigenvalue weighted by Gasteiger charge is -2.34. The van der Waals surface area contributed by atoms with E-state index in [0.717, 1.165) is 22.0 Å². The molecule has 5 heteroatoms. The van der Waals surface area contributed by atoms with Gasteiger partial charge in [0.05, 0.1) is 5.54 Å². The van der Waals surface area contributed by atoms with Crippen LogP contribution in [0.2, 0.25) is 5.02 Å². The molecule has 1 amide bonds. The number of imidazole rings is 1. The molecule has 152 valence electrons. The summed E-state index contributed by atoms with van der Waals surface area (Å²) in [6, 6.07) is 17.5. The molecule has 3 aliphatic rings. The molecule has 2 bridgehead atoms. The normalized spacial score (nSPS) is 26.1. The maximum absolute atomic E-state index is 13.3. The molecular weight excluding hydrogens is 394 g/mol. The molecule has 3 aromatic rings. The first-order valence-corrected chi connectivity index (χ1v) is 11.3. The van der Waals surface area contributed by atoms with Crippen molar-refractivity contribution in [3.8, 4) is 11.4 Å². The van der Waals surface area contributed by atoms with Crippen LogP contribution in [-0.4, -0.2) is 32.4 Å². The van der Waals surface area contributed by atoms with Crippen molar-refractivity contribution >= 4 is 17.5 Å². The zero-order valence-corrected chi connectivity index (χ0v) is 17.6. The summed E-state index contributed by atoms with van der Waals surface area (Å²) in [5.74, 6) is 1.27. The third-order valence-corrected chi connectivity index (χ3v) is 7.68. The minimum atomic E-state index is -0.443. The summed E-state index contributed by atoms with van der Waals surface area (Å²) in [5, 5.41) is 0.718. The van der Waals surface area contributed by atoms with E-state index in [4.69, 9.17) is 11.6 Å². The Morgan fingerprint density at radius 1 is 1.03 bits per heavy atom. The average Bonchev–Trinajstić information content (AvgIpc) is 3.54. The van der Waals surface area contributed by atoms with E-state index in [-0.39, 0.29) is 0 Å². The molecule has 0 aliphatic carbocycles. The number of amides is 1. The molecule has 4 heterocycles. The largest absolute Gasteiger partial charge is 0.337 e. The molecule has 0 spiro atoms. The van der Waals surface area contributed by atoms with Crippen molar-refractivity contribution in [1.82, 2.24) is 14.5 Å². The summed E-state index contributed by atoms with van der Waals surface area (Å²) < 4.78 is 2.26. The monoisotopic (exact) mass is 417 g/mol. The number of rotatable bonds is 4. The van der Waals surface area contributed by atoms with Crippen molar-refractivity contribution in [3.05, 3.63) is 77.1 Å². The van der Waals surface area contributed by atoms with E-state index < -0.39 is 5.54 Å². The van der Waals surface area contributed by atoms with Crippen LogP contribution in [0, 0.1) is 0 Å². The Balaban J connectivity index is 1.44. The number of carbonyl (C=O) groups excluding carboxylic acids is 1. The van der Waals surface area contributed by atoms with Gasteiger partial charge in [0.2, 0.25) is 5.91 Å². The molecule has 0 saturated carbocycles. The van der Waals surface area contributed by atoms with E-state index in [1.165, 1.54) is 31.2 Å². The Morgan fingerprint density at radius 2 is 1.73 bits per heavy atom. The first kappa shape index (κ1) is 18.2. The van der Waals surface area contributed by atoms with Gasteiger partial charge in [-0.25, -0.2) is 4.98 Å². The Hall–Kier alpha value is -2.59. The minimum Gasteiger partial charge on any atom is -0.337 e. The number of hydrogen-bond donors (Lipinski definition) is 0. The third-order valence-electron chi connectivity index (χ3n) is 7.43. The molecule has 0 radical (unpaired) electrons. The van der Waals surface area contributed by atoms with Gasteiger partial charge in [-0.05, 0) is 55.4 Å². The van der Waals surface area contributed by atoms with Gasteiger partial charge in [0, 0.05) is 41.5 Å². The maximum atomic E-state index is 13.3. The predicted octanol–water partition coefficient (Wildman–Crippen LogP) is 5.24. The Kier molecular flexibility index (Phi) is 4.07. The van der Waals surface area contributed by atoms with Gasteiger partial charge >= 0.3 is 0 Å². The predicted molar refractivity (Wildman–Crippen MR) is 117 cm³/mol. The van der Waals surface area contributed by atoms with Crippen LogP contribution in [0.1, 0.15) is 49.7 Å². The van der Waals surface area contributed by atoms with E-state index in [9.17, 15) is 4.79 Å². The van der Waals surface area contributed by atoms with Gasteiger partial charge in [0.15, 0.2) is 0 Å². The van der Waals surface area contributed by atoms with Crippen molar-refractivity contribution in [3.63, 3.8) is 0 Å². The fourth-order valence-electron chi connectivity index (χ4n) is 6.14. The lowest BCUT2D eigenvalue weighted by molar-refractivity contribution is -0.132. The van der Waals surface area contributed by atoms with E-state index in [0.29, 0.717) is 30.8 Å². The molecule has 1 atom stereocenters. The molecule has 2 aromatic carbocycles. The summed E-state index contributed by atoms with van der Waals surface area (Å²) >= 11 is 6.22. The van der Waals surface area contributed by atoms with E-state index in [2.05, 4.69) is 50.8 Å². The lowest BCUT2D eigenvalue weighted by Crippen LogP contribution is -2.38. The van der Waals surface area contributed by atoms with Gasteiger partial charge in [0.25, 0.3) is 0 Å². The van der Waals surface area contributed by atoms with Crippen LogP contribution >= 0.6 is 11.6 Å². The third kappa shape index (κ3) is 2.46. The number of hydrogen-bond acceptors (Lipinski definition) is 2. The highest BCUT2D eigenvalue weighted by Gasteiger charge is 2.47. The van der Waals surface area contributed by atoms with Crippen LogP contribution in [-0.2, 0) is 10.3 Å². The molecule has 6 rings (SSSR count). The SMILES string of the molecule is O=C(CCC1(c2ccc(Cl)cc2)c2ccccc2-c2nccn21)N1C2CCC1CC2. The molecule has 2 saturated heterocycles. The molecule has 3 aliphatic heterocycles. The zero-order chi connectivity index (χ0) is 20.3. The molecule has 1 aromatic heterocycles. The van der Waals surface area contributed by atoms with Gasteiger partial charge in [0.1, 0.15) is 5.82 Å². The van der Waals surface area contributed by atoms with Crippen molar-refractivity contribution in [2.24, 2.45) is 0 Å². The van der Waals surface area contributed by atoms with E-state index in [1.807, 2.05) is 24.5 Å². The Labute approximate surface area is 181 Å². The number of fused-ring (bicyclic) bond motifs is 5. The lowest BCUT2D eigenvalue weighted by atomic mass is 9.79. The Bertz CT molecular complexity index is 1100.